The Morgan fingerprint density at radius 3 is 2.94 bits per heavy atom. The molecule has 3 N–H and O–H groups in total. The van der Waals surface area contributed by atoms with Crippen molar-refractivity contribution in [2.45, 2.75) is 12.5 Å². The molecule has 0 aliphatic rings. The van der Waals surface area contributed by atoms with Crippen LogP contribution in [0.25, 0.3) is 10.9 Å². The number of halogens is 1. The lowest BCUT2D eigenvalue weighted by Gasteiger charge is -2.06. The van der Waals surface area contributed by atoms with Gasteiger partial charge < -0.3 is 15.2 Å². The van der Waals surface area contributed by atoms with Crippen molar-refractivity contribution in [2.75, 3.05) is 0 Å². The van der Waals surface area contributed by atoms with Crippen LogP contribution >= 0.6 is 0 Å². The van der Waals surface area contributed by atoms with Crippen LogP contribution in [0.5, 0.6) is 0 Å². The van der Waals surface area contributed by atoms with E-state index in [0.717, 1.165) is 0 Å². The van der Waals surface area contributed by atoms with Crippen LogP contribution in [-0.2, 0) is 4.79 Å². The first-order valence-electron chi connectivity index (χ1n) is 4.75. The summed E-state index contributed by atoms with van der Waals surface area (Å²) in [6.45, 7) is 0. The van der Waals surface area contributed by atoms with Crippen molar-refractivity contribution < 1.29 is 19.4 Å². The molecular weight excluding hydrogens is 213 g/mol. The number of aromatic nitrogens is 1. The largest absolute Gasteiger partial charge is 0.481 e. The average molecular weight is 223 g/mol. The highest BCUT2D eigenvalue weighted by atomic mass is 19.1. The summed E-state index contributed by atoms with van der Waals surface area (Å²) in [6, 6.07) is 4.48. The third kappa shape index (κ3) is 1.77. The molecule has 0 radical (unpaired) electrons. The summed E-state index contributed by atoms with van der Waals surface area (Å²) in [5, 5.41) is 18.4. The summed E-state index contributed by atoms with van der Waals surface area (Å²) >= 11 is 0. The number of H-pyrrole nitrogens is 1. The first-order chi connectivity index (χ1) is 7.59. The zero-order valence-electron chi connectivity index (χ0n) is 8.27. The number of fused-ring (bicyclic) bond motifs is 1. The maximum absolute atomic E-state index is 13.5. The van der Waals surface area contributed by atoms with Crippen LogP contribution in [0.3, 0.4) is 0 Å². The van der Waals surface area contributed by atoms with Crippen molar-refractivity contribution in [1.82, 2.24) is 4.98 Å². The first kappa shape index (κ1) is 10.6. The molecule has 84 valence electrons. The van der Waals surface area contributed by atoms with Crippen LogP contribution in [0.2, 0.25) is 0 Å². The molecule has 4 nitrogen and oxygen atoms in total. The molecular formula is C11H10FNO3. The zero-order chi connectivity index (χ0) is 11.7. The van der Waals surface area contributed by atoms with E-state index in [0.29, 0.717) is 5.52 Å². The number of nitrogens with one attached hydrogen (secondary N) is 1. The van der Waals surface area contributed by atoms with Gasteiger partial charge >= 0.3 is 5.97 Å². The molecule has 0 aliphatic heterocycles. The van der Waals surface area contributed by atoms with E-state index >= 15 is 0 Å². The fourth-order valence-electron chi connectivity index (χ4n) is 1.70. The average Bonchev–Trinajstić information content (AvgIpc) is 2.61. The van der Waals surface area contributed by atoms with Crippen LogP contribution < -0.4 is 0 Å². The Morgan fingerprint density at radius 1 is 1.50 bits per heavy atom. The number of carboxylic acids is 1. The Kier molecular flexibility index (Phi) is 2.62. The van der Waals surface area contributed by atoms with Crippen LogP contribution in [0.15, 0.2) is 24.4 Å². The fraction of sp³-hybridized carbons (Fsp3) is 0.182. The second-order valence-corrected chi connectivity index (χ2v) is 3.52. The Balaban J connectivity index is 2.48. The Hall–Kier alpha value is -1.88. The molecule has 0 unspecified atom stereocenters. The molecule has 0 saturated carbocycles. The lowest BCUT2D eigenvalue weighted by molar-refractivity contribution is -0.139. The molecule has 0 bridgehead atoms. The predicted octanol–water partition coefficient (Wildman–Crippen LogP) is 1.82. The van der Waals surface area contributed by atoms with E-state index in [-0.39, 0.29) is 10.9 Å². The third-order valence-corrected chi connectivity index (χ3v) is 2.41. The summed E-state index contributed by atoms with van der Waals surface area (Å²) in [6.07, 6.45) is -0.217. The highest BCUT2D eigenvalue weighted by molar-refractivity contribution is 5.84. The van der Waals surface area contributed by atoms with Gasteiger partial charge in [0.2, 0.25) is 0 Å². The quantitative estimate of drug-likeness (QED) is 0.743. The lowest BCUT2D eigenvalue weighted by atomic mass is 10.1. The van der Waals surface area contributed by atoms with Gasteiger partial charge in [0.15, 0.2) is 0 Å². The number of aliphatic carboxylic acids is 1. The Bertz CT molecular complexity index is 535. The summed E-state index contributed by atoms with van der Waals surface area (Å²) in [4.78, 5) is 13.3. The molecule has 0 fully saturated rings. The van der Waals surface area contributed by atoms with Gasteiger partial charge in [0.1, 0.15) is 5.82 Å². The summed E-state index contributed by atoms with van der Waals surface area (Å²) in [7, 11) is 0. The monoisotopic (exact) mass is 223 g/mol. The Labute approximate surface area is 90.3 Å². The SMILES string of the molecule is O=C(O)C[C@H](O)c1c[nH]c2cccc(F)c12. The number of hydrogen-bond donors (Lipinski definition) is 3. The van der Waals surface area contributed by atoms with Crippen molar-refractivity contribution in [2.24, 2.45) is 0 Å². The molecule has 2 rings (SSSR count). The normalized spacial score (nSPS) is 12.9. The summed E-state index contributed by atoms with van der Waals surface area (Å²) in [5.74, 6) is -1.60. The van der Waals surface area contributed by atoms with Crippen LogP contribution in [0.1, 0.15) is 18.1 Å². The molecule has 1 aromatic carbocycles. The Morgan fingerprint density at radius 2 is 2.25 bits per heavy atom. The van der Waals surface area contributed by atoms with Gasteiger partial charge in [-0.2, -0.15) is 0 Å². The van der Waals surface area contributed by atoms with E-state index in [9.17, 15) is 14.3 Å². The molecule has 0 saturated heterocycles. The summed E-state index contributed by atoms with van der Waals surface area (Å²) in [5.41, 5.74) is 0.815. The molecule has 0 spiro atoms. The van der Waals surface area contributed by atoms with Crippen molar-refractivity contribution in [3.63, 3.8) is 0 Å². The number of carboxylic acid groups (broad SMARTS) is 1. The molecule has 1 aromatic heterocycles. The first-order valence-corrected chi connectivity index (χ1v) is 4.75. The van der Waals surface area contributed by atoms with Gasteiger partial charge in [-0.05, 0) is 12.1 Å². The van der Waals surface area contributed by atoms with Gasteiger partial charge in [-0.25, -0.2) is 4.39 Å². The van der Waals surface area contributed by atoms with Crippen LogP contribution in [0.4, 0.5) is 4.39 Å². The number of rotatable bonds is 3. The lowest BCUT2D eigenvalue weighted by Crippen LogP contribution is -2.05. The van der Waals surface area contributed by atoms with Crippen molar-refractivity contribution in [1.29, 1.82) is 0 Å². The van der Waals surface area contributed by atoms with Gasteiger partial charge in [-0.15, -0.1) is 0 Å². The number of benzene rings is 1. The number of aliphatic hydroxyl groups excluding tert-OH is 1. The topological polar surface area (TPSA) is 73.3 Å². The number of aromatic amines is 1. The minimum atomic E-state index is -1.21. The van der Waals surface area contributed by atoms with Gasteiger partial charge in [-0.3, -0.25) is 4.79 Å². The number of hydrogen-bond acceptors (Lipinski definition) is 2. The van der Waals surface area contributed by atoms with Gasteiger partial charge in [0.25, 0.3) is 0 Å². The van der Waals surface area contributed by atoms with Crippen LogP contribution in [0, 0.1) is 5.82 Å². The minimum Gasteiger partial charge on any atom is -0.481 e. The van der Waals surface area contributed by atoms with Crippen LogP contribution in [-0.4, -0.2) is 21.2 Å². The molecule has 0 aliphatic carbocycles. The highest BCUT2D eigenvalue weighted by Gasteiger charge is 2.18. The smallest absolute Gasteiger partial charge is 0.306 e. The molecule has 2 aromatic rings. The predicted molar refractivity (Wildman–Crippen MR) is 55.5 cm³/mol. The van der Waals surface area contributed by atoms with Crippen molar-refractivity contribution in [3.8, 4) is 0 Å². The van der Waals surface area contributed by atoms with E-state index in [1.54, 1.807) is 12.1 Å². The third-order valence-electron chi connectivity index (χ3n) is 2.41. The molecule has 0 amide bonds. The molecule has 1 heterocycles. The maximum atomic E-state index is 13.5. The number of carbonyl (C=O) groups is 1. The second-order valence-electron chi connectivity index (χ2n) is 3.52. The van der Waals surface area contributed by atoms with E-state index < -0.39 is 24.3 Å². The maximum Gasteiger partial charge on any atom is 0.306 e. The zero-order valence-corrected chi connectivity index (χ0v) is 8.27. The van der Waals surface area contributed by atoms with Gasteiger partial charge in [0, 0.05) is 22.7 Å². The van der Waals surface area contributed by atoms with E-state index in [4.69, 9.17) is 5.11 Å². The van der Waals surface area contributed by atoms with E-state index in [1.807, 2.05) is 0 Å². The highest BCUT2D eigenvalue weighted by Crippen LogP contribution is 2.28. The van der Waals surface area contributed by atoms with Crippen molar-refractivity contribution >= 4 is 16.9 Å². The van der Waals surface area contributed by atoms with Gasteiger partial charge in [-0.1, -0.05) is 6.07 Å². The fourth-order valence-corrected chi connectivity index (χ4v) is 1.70. The molecule has 16 heavy (non-hydrogen) atoms. The van der Waals surface area contributed by atoms with Crippen molar-refractivity contribution in [3.05, 3.63) is 35.8 Å². The molecule has 5 heteroatoms. The van der Waals surface area contributed by atoms with E-state index in [2.05, 4.69) is 4.98 Å². The van der Waals surface area contributed by atoms with E-state index in [1.165, 1.54) is 12.3 Å². The standard InChI is InChI=1S/C11H10FNO3/c12-7-2-1-3-8-11(7)6(5-13-8)9(14)4-10(15)16/h1-3,5,9,13-14H,4H2,(H,15,16)/t9-/m0/s1. The second kappa shape index (κ2) is 3.94. The van der Waals surface area contributed by atoms with Gasteiger partial charge in [0.05, 0.1) is 12.5 Å². The number of aliphatic hydroxyl groups is 1. The minimum absolute atomic E-state index is 0.247. The molecule has 1 atom stereocenters. The summed E-state index contributed by atoms with van der Waals surface area (Å²) < 4.78 is 13.5.